The number of carbonyl (C=O) groups excluding carboxylic acids is 2. The van der Waals surface area contributed by atoms with Crippen LogP contribution < -0.4 is 0 Å². The van der Waals surface area contributed by atoms with E-state index in [1.54, 1.807) is 0 Å². The summed E-state index contributed by atoms with van der Waals surface area (Å²) in [5.74, 6) is -0.915. The van der Waals surface area contributed by atoms with Crippen molar-refractivity contribution >= 4 is 19.6 Å². The monoisotopic (exact) mass is 384 g/mol. The minimum Gasteiger partial charge on any atom is -0.460 e. The molecule has 0 rings (SSSR count). The Hall–Kier alpha value is -1.39. The van der Waals surface area contributed by atoms with Gasteiger partial charge in [0.05, 0.1) is 26.4 Å². The van der Waals surface area contributed by atoms with Crippen LogP contribution in [0.2, 0.25) is 0 Å². The topological polar surface area (TPSA) is 171 Å². The Morgan fingerprint density at radius 2 is 1.60 bits per heavy atom. The van der Waals surface area contributed by atoms with Crippen molar-refractivity contribution in [3.8, 4) is 0 Å². The van der Waals surface area contributed by atoms with Gasteiger partial charge < -0.3 is 29.8 Å². The first-order chi connectivity index (χ1) is 11.5. The molecule has 10 nitrogen and oxygen atoms in total. The molecule has 0 amide bonds. The number of hydrogen-bond acceptors (Lipinski definition) is 8. The van der Waals surface area contributed by atoms with E-state index in [1.165, 1.54) is 6.92 Å². The summed E-state index contributed by atoms with van der Waals surface area (Å²) in [5.41, 5.74) is -0.887. The van der Waals surface area contributed by atoms with Crippen molar-refractivity contribution in [1.82, 2.24) is 0 Å². The van der Waals surface area contributed by atoms with Crippen LogP contribution in [-0.2, 0) is 23.4 Å². The van der Waals surface area contributed by atoms with E-state index in [-0.39, 0.29) is 31.0 Å². The van der Waals surface area contributed by atoms with Crippen LogP contribution in [0.3, 0.4) is 0 Å². The molecule has 0 fully saturated rings. The molecule has 0 unspecified atom stereocenters. The highest BCUT2D eigenvalue weighted by molar-refractivity contribution is 7.46. The number of aliphatic hydroxyl groups excluding tert-OH is 3. The number of aliphatic hydroxyl groups is 3. The molecule has 0 bridgehead atoms. The Morgan fingerprint density at radius 3 is 1.92 bits per heavy atom. The molecule has 0 aliphatic heterocycles. The summed E-state index contributed by atoms with van der Waals surface area (Å²) >= 11 is 0. The molecule has 0 radical (unpaired) electrons. The van der Waals surface area contributed by atoms with Crippen LogP contribution in [0, 0.1) is 5.41 Å². The molecule has 0 aromatic heterocycles. The fraction of sp³-hybridized carbons (Fsp3) is 0.571. The zero-order chi connectivity index (χ0) is 20.1. The van der Waals surface area contributed by atoms with Gasteiger partial charge in [0.1, 0.15) is 6.61 Å². The van der Waals surface area contributed by atoms with E-state index in [2.05, 4.69) is 22.4 Å². The van der Waals surface area contributed by atoms with Gasteiger partial charge in [0.2, 0.25) is 0 Å². The molecule has 0 aliphatic rings. The Bertz CT molecular complexity index is 484. The maximum absolute atomic E-state index is 10.9. The SMILES string of the molecule is C=C(C)C(=O)OCCOP(=O)(O)O.C=CC(=O)CC(CO)(CO)CO. The fourth-order valence-electron chi connectivity index (χ4n) is 1.17. The van der Waals surface area contributed by atoms with Crippen LogP contribution in [0.1, 0.15) is 13.3 Å². The molecule has 0 aromatic carbocycles. The lowest BCUT2D eigenvalue weighted by Gasteiger charge is -2.25. The van der Waals surface area contributed by atoms with Crippen LogP contribution in [0.25, 0.3) is 0 Å². The molecule has 0 aromatic rings. The standard InChI is InChI=1S/C8H14O4.C6H11O6P/c1-2-7(12)3-8(4-9,5-10)6-11;1-5(2)6(7)11-3-4-12-13(8,9)10/h2,9-11H,1,3-6H2;1,3-4H2,2H3,(H2,8,9,10). The molecule has 5 N–H and O–H groups in total. The second-order valence-corrected chi connectivity index (χ2v) is 6.30. The van der Waals surface area contributed by atoms with Crippen LogP contribution in [0.4, 0.5) is 0 Å². The number of ketones is 1. The van der Waals surface area contributed by atoms with Gasteiger partial charge >= 0.3 is 13.8 Å². The highest BCUT2D eigenvalue weighted by Gasteiger charge is 2.29. The zero-order valence-electron chi connectivity index (χ0n) is 14.0. The number of rotatable bonds is 11. The molecule has 0 aliphatic carbocycles. The second kappa shape index (κ2) is 12.9. The lowest BCUT2D eigenvalue weighted by atomic mass is 9.85. The van der Waals surface area contributed by atoms with Crippen molar-refractivity contribution in [2.24, 2.45) is 5.41 Å². The molecule has 0 saturated heterocycles. The number of hydrogen-bond donors (Lipinski definition) is 5. The van der Waals surface area contributed by atoms with Gasteiger partial charge in [-0.3, -0.25) is 9.32 Å². The average Bonchev–Trinajstić information content (AvgIpc) is 2.56. The van der Waals surface area contributed by atoms with E-state index in [4.69, 9.17) is 25.1 Å². The Kier molecular flexibility index (Phi) is 13.3. The minimum absolute atomic E-state index is 0.0833. The normalized spacial score (nSPS) is 11.1. The maximum atomic E-state index is 10.9. The number of ether oxygens (including phenoxy) is 1. The molecular weight excluding hydrogens is 359 g/mol. The number of phosphoric acid groups is 1. The summed E-state index contributed by atoms with van der Waals surface area (Å²) in [6.45, 7) is 6.22. The van der Waals surface area contributed by atoms with Crippen molar-refractivity contribution in [3.63, 3.8) is 0 Å². The molecule has 0 saturated carbocycles. The molecular formula is C14H25O10P. The first-order valence-corrected chi connectivity index (χ1v) is 8.50. The Labute approximate surface area is 145 Å². The molecule has 0 spiro atoms. The average molecular weight is 384 g/mol. The van der Waals surface area contributed by atoms with Gasteiger partial charge in [-0.05, 0) is 13.0 Å². The number of phosphoric ester groups is 1. The molecule has 0 atom stereocenters. The summed E-state index contributed by atoms with van der Waals surface area (Å²) in [5, 5.41) is 26.4. The molecule has 0 heterocycles. The van der Waals surface area contributed by atoms with Gasteiger partial charge in [-0.15, -0.1) is 0 Å². The maximum Gasteiger partial charge on any atom is 0.469 e. The van der Waals surface area contributed by atoms with E-state index in [9.17, 15) is 14.2 Å². The number of esters is 1. The van der Waals surface area contributed by atoms with Crippen molar-refractivity contribution in [3.05, 3.63) is 24.8 Å². The third-order valence-electron chi connectivity index (χ3n) is 2.71. The van der Waals surface area contributed by atoms with Gasteiger partial charge in [-0.1, -0.05) is 13.2 Å². The van der Waals surface area contributed by atoms with E-state index in [1.807, 2.05) is 0 Å². The van der Waals surface area contributed by atoms with Gasteiger partial charge in [0.15, 0.2) is 5.78 Å². The second-order valence-electron chi connectivity index (χ2n) is 5.06. The summed E-state index contributed by atoms with van der Waals surface area (Å²) < 4.78 is 18.6. The van der Waals surface area contributed by atoms with Crippen LogP contribution in [0.15, 0.2) is 24.8 Å². The Morgan fingerprint density at radius 1 is 1.12 bits per heavy atom. The minimum atomic E-state index is -4.46. The number of carbonyl (C=O) groups is 2. The summed E-state index contributed by atoms with van der Waals surface area (Å²) in [6, 6.07) is 0. The van der Waals surface area contributed by atoms with E-state index in [0.717, 1.165) is 6.08 Å². The largest absolute Gasteiger partial charge is 0.469 e. The summed E-state index contributed by atoms with van der Waals surface area (Å²) in [4.78, 5) is 38.0. The molecule has 25 heavy (non-hydrogen) atoms. The van der Waals surface area contributed by atoms with Crippen LogP contribution >= 0.6 is 7.82 Å². The van der Waals surface area contributed by atoms with Crippen molar-refractivity contribution in [1.29, 1.82) is 0 Å². The third-order valence-corrected chi connectivity index (χ3v) is 3.23. The van der Waals surface area contributed by atoms with Crippen molar-refractivity contribution in [2.45, 2.75) is 13.3 Å². The lowest BCUT2D eigenvalue weighted by Crippen LogP contribution is -2.35. The first-order valence-electron chi connectivity index (χ1n) is 6.97. The van der Waals surface area contributed by atoms with Crippen LogP contribution in [-0.4, -0.2) is 69.9 Å². The number of allylic oxidation sites excluding steroid dienone is 1. The van der Waals surface area contributed by atoms with E-state index in [0.29, 0.717) is 0 Å². The van der Waals surface area contributed by atoms with Crippen molar-refractivity contribution < 1.29 is 48.5 Å². The summed E-state index contributed by atoms with van der Waals surface area (Å²) in [6.07, 6.45) is 1.02. The van der Waals surface area contributed by atoms with Crippen molar-refractivity contribution in [2.75, 3.05) is 33.0 Å². The van der Waals surface area contributed by atoms with Crippen LogP contribution in [0.5, 0.6) is 0 Å². The highest BCUT2D eigenvalue weighted by atomic mass is 31.2. The highest BCUT2D eigenvalue weighted by Crippen LogP contribution is 2.35. The fourth-order valence-corrected chi connectivity index (χ4v) is 1.49. The van der Waals surface area contributed by atoms with E-state index >= 15 is 0 Å². The first kappa shape index (κ1) is 25.8. The zero-order valence-corrected chi connectivity index (χ0v) is 14.9. The predicted molar refractivity (Wildman–Crippen MR) is 87.3 cm³/mol. The smallest absolute Gasteiger partial charge is 0.460 e. The van der Waals surface area contributed by atoms with Gasteiger partial charge in [-0.25, -0.2) is 9.36 Å². The molecule has 146 valence electrons. The molecule has 11 heteroatoms. The van der Waals surface area contributed by atoms with E-state index < -0.39 is 39.0 Å². The predicted octanol–water partition coefficient (Wildman–Crippen LogP) is -0.690. The quantitative estimate of drug-likeness (QED) is 0.133. The third kappa shape index (κ3) is 13.6. The Balaban J connectivity index is 0. The lowest BCUT2D eigenvalue weighted by molar-refractivity contribution is -0.139. The van der Waals surface area contributed by atoms with Gasteiger partial charge in [0.25, 0.3) is 0 Å². The van der Waals surface area contributed by atoms with Gasteiger partial charge in [-0.2, -0.15) is 0 Å². The summed E-state index contributed by atoms with van der Waals surface area (Å²) in [7, 11) is -4.46. The van der Waals surface area contributed by atoms with Gasteiger partial charge in [0, 0.05) is 17.4 Å².